The first-order valence-corrected chi connectivity index (χ1v) is 6.87. The van der Waals surface area contributed by atoms with E-state index < -0.39 is 11.4 Å². The summed E-state index contributed by atoms with van der Waals surface area (Å²) < 4.78 is 5.54. The second-order valence-electron chi connectivity index (χ2n) is 5.49. The van der Waals surface area contributed by atoms with Gasteiger partial charge in [-0.25, -0.2) is 0 Å². The van der Waals surface area contributed by atoms with Crippen molar-refractivity contribution >= 4 is 5.97 Å². The average Bonchev–Trinajstić information content (AvgIpc) is 2.38. The van der Waals surface area contributed by atoms with Crippen molar-refractivity contribution in [2.24, 2.45) is 5.41 Å². The number of ether oxygens (including phenoxy) is 1. The largest absolute Gasteiger partial charge is 0.481 e. The molecule has 0 bridgehead atoms. The van der Waals surface area contributed by atoms with Crippen LogP contribution in [0.3, 0.4) is 0 Å². The summed E-state index contributed by atoms with van der Waals surface area (Å²) in [6.07, 6.45) is 3.49. The number of aliphatic carboxylic acids is 1. The van der Waals surface area contributed by atoms with Crippen LogP contribution in [0.25, 0.3) is 0 Å². The van der Waals surface area contributed by atoms with Gasteiger partial charge >= 0.3 is 5.97 Å². The van der Waals surface area contributed by atoms with Crippen molar-refractivity contribution in [3.8, 4) is 0 Å². The number of carboxylic acid groups (broad SMARTS) is 1. The third-order valence-electron chi connectivity index (χ3n) is 3.27. The minimum Gasteiger partial charge on any atom is -0.481 e. The number of carboxylic acids is 1. The van der Waals surface area contributed by atoms with Crippen LogP contribution < -0.4 is 0 Å². The fourth-order valence-corrected chi connectivity index (χ4v) is 1.85. The van der Waals surface area contributed by atoms with Crippen LogP contribution in [-0.4, -0.2) is 24.3 Å². The molecule has 0 spiro atoms. The van der Waals surface area contributed by atoms with E-state index in [-0.39, 0.29) is 0 Å². The molecule has 0 radical (unpaired) electrons. The Morgan fingerprint density at radius 2 is 1.79 bits per heavy atom. The van der Waals surface area contributed by atoms with Crippen LogP contribution in [0.1, 0.15) is 38.7 Å². The molecular weight excluding hydrogens is 240 g/mol. The molecule has 0 saturated carbocycles. The van der Waals surface area contributed by atoms with Gasteiger partial charge in [0.2, 0.25) is 0 Å². The maximum atomic E-state index is 10.9. The lowest BCUT2D eigenvalue weighted by atomic mass is 9.88. The smallest absolute Gasteiger partial charge is 0.309 e. The predicted octanol–water partition coefficient (Wildman–Crippen LogP) is 3.53. The van der Waals surface area contributed by atoms with Gasteiger partial charge in [0, 0.05) is 13.2 Å². The highest BCUT2D eigenvalue weighted by Gasteiger charge is 2.25. The Bertz CT molecular complexity index is 371. The molecule has 1 aromatic rings. The third-order valence-corrected chi connectivity index (χ3v) is 3.27. The quantitative estimate of drug-likeness (QED) is 0.694. The Labute approximate surface area is 115 Å². The molecule has 0 amide bonds. The summed E-state index contributed by atoms with van der Waals surface area (Å²) in [5, 5.41) is 8.97. The van der Waals surface area contributed by atoms with Crippen LogP contribution in [0, 0.1) is 5.41 Å². The third kappa shape index (κ3) is 6.39. The number of hydrogen-bond acceptors (Lipinski definition) is 2. The summed E-state index contributed by atoms with van der Waals surface area (Å²) in [5.41, 5.74) is 0.686. The maximum Gasteiger partial charge on any atom is 0.309 e. The summed E-state index contributed by atoms with van der Waals surface area (Å²) >= 11 is 0. The Kier molecular flexibility index (Phi) is 6.57. The average molecular weight is 264 g/mol. The first-order chi connectivity index (χ1) is 9.02. The van der Waals surface area contributed by atoms with Crippen molar-refractivity contribution in [2.75, 3.05) is 13.2 Å². The van der Waals surface area contributed by atoms with Crippen LogP contribution in [0.5, 0.6) is 0 Å². The minimum atomic E-state index is -0.739. The molecule has 3 nitrogen and oxygen atoms in total. The molecule has 19 heavy (non-hydrogen) atoms. The van der Waals surface area contributed by atoms with Gasteiger partial charge < -0.3 is 9.84 Å². The number of benzene rings is 1. The number of carbonyl (C=O) groups is 1. The van der Waals surface area contributed by atoms with Crippen LogP contribution in [0.2, 0.25) is 0 Å². The highest BCUT2D eigenvalue weighted by atomic mass is 16.5. The van der Waals surface area contributed by atoms with Gasteiger partial charge in [-0.15, -0.1) is 0 Å². The maximum absolute atomic E-state index is 10.9. The van der Waals surface area contributed by atoms with Gasteiger partial charge in [0.05, 0.1) is 5.41 Å². The van der Waals surface area contributed by atoms with Crippen molar-refractivity contribution in [3.05, 3.63) is 35.9 Å². The van der Waals surface area contributed by atoms with Gasteiger partial charge in [-0.05, 0) is 45.1 Å². The fourth-order valence-electron chi connectivity index (χ4n) is 1.85. The zero-order chi connectivity index (χ0) is 14.1. The lowest BCUT2D eigenvalue weighted by Gasteiger charge is -2.18. The molecule has 0 unspecified atom stereocenters. The number of hydrogen-bond donors (Lipinski definition) is 1. The van der Waals surface area contributed by atoms with E-state index in [9.17, 15) is 4.79 Å². The van der Waals surface area contributed by atoms with Crippen LogP contribution in [0.4, 0.5) is 0 Å². The first-order valence-electron chi connectivity index (χ1n) is 6.87. The molecule has 1 aromatic carbocycles. The lowest BCUT2D eigenvalue weighted by Crippen LogP contribution is -2.23. The van der Waals surface area contributed by atoms with E-state index in [1.807, 2.05) is 18.2 Å². The molecular formula is C16H24O3. The van der Waals surface area contributed by atoms with Crippen LogP contribution in [0.15, 0.2) is 30.3 Å². The second kappa shape index (κ2) is 7.95. The molecule has 0 saturated heterocycles. The van der Waals surface area contributed by atoms with Gasteiger partial charge in [-0.3, -0.25) is 4.79 Å². The van der Waals surface area contributed by atoms with E-state index in [0.29, 0.717) is 13.0 Å². The van der Waals surface area contributed by atoms with Gasteiger partial charge in [0.15, 0.2) is 0 Å². The summed E-state index contributed by atoms with van der Waals surface area (Å²) in [5.74, 6) is -0.739. The zero-order valence-electron chi connectivity index (χ0n) is 11.9. The molecule has 1 rings (SSSR count). The minimum absolute atomic E-state index is 0.644. The number of rotatable bonds is 9. The summed E-state index contributed by atoms with van der Waals surface area (Å²) in [4.78, 5) is 10.9. The van der Waals surface area contributed by atoms with Crippen molar-refractivity contribution in [1.29, 1.82) is 0 Å². The second-order valence-corrected chi connectivity index (χ2v) is 5.49. The van der Waals surface area contributed by atoms with Gasteiger partial charge in [0.25, 0.3) is 0 Å². The molecule has 1 N–H and O–H groups in total. The van der Waals surface area contributed by atoms with Crippen molar-refractivity contribution in [3.63, 3.8) is 0 Å². The normalized spacial score (nSPS) is 11.5. The number of aryl methyl sites for hydroxylation is 1. The summed E-state index contributed by atoms with van der Waals surface area (Å²) in [6, 6.07) is 10.4. The monoisotopic (exact) mass is 264 g/mol. The predicted molar refractivity (Wildman–Crippen MR) is 76.2 cm³/mol. The van der Waals surface area contributed by atoms with Crippen molar-refractivity contribution in [1.82, 2.24) is 0 Å². The van der Waals surface area contributed by atoms with Gasteiger partial charge in [0.1, 0.15) is 0 Å². The van der Waals surface area contributed by atoms with E-state index in [1.165, 1.54) is 5.56 Å². The Hall–Kier alpha value is -1.35. The summed E-state index contributed by atoms with van der Waals surface area (Å²) in [7, 11) is 0. The van der Waals surface area contributed by atoms with E-state index >= 15 is 0 Å². The van der Waals surface area contributed by atoms with E-state index in [4.69, 9.17) is 9.84 Å². The van der Waals surface area contributed by atoms with Crippen LogP contribution in [-0.2, 0) is 16.0 Å². The molecule has 0 aliphatic carbocycles. The van der Waals surface area contributed by atoms with Crippen molar-refractivity contribution < 1.29 is 14.6 Å². The van der Waals surface area contributed by atoms with Gasteiger partial charge in [-0.1, -0.05) is 30.3 Å². The molecule has 3 heteroatoms. The van der Waals surface area contributed by atoms with Gasteiger partial charge in [-0.2, -0.15) is 0 Å². The molecule has 0 atom stereocenters. The molecule has 0 aliphatic rings. The molecule has 106 valence electrons. The lowest BCUT2D eigenvalue weighted by molar-refractivity contribution is -0.147. The van der Waals surface area contributed by atoms with E-state index in [2.05, 4.69) is 12.1 Å². The van der Waals surface area contributed by atoms with E-state index in [1.54, 1.807) is 13.8 Å². The molecule has 0 fully saturated rings. The Morgan fingerprint density at radius 3 is 2.42 bits per heavy atom. The zero-order valence-corrected chi connectivity index (χ0v) is 11.9. The highest BCUT2D eigenvalue weighted by molar-refractivity contribution is 5.73. The van der Waals surface area contributed by atoms with E-state index in [0.717, 1.165) is 25.9 Å². The fraction of sp³-hybridized carbons (Fsp3) is 0.562. The summed E-state index contributed by atoms with van der Waals surface area (Å²) in [6.45, 7) is 4.89. The van der Waals surface area contributed by atoms with Crippen molar-refractivity contribution in [2.45, 2.75) is 39.5 Å². The SMILES string of the molecule is CC(C)(CCCOCCCc1ccccc1)C(=O)O. The molecule has 0 aliphatic heterocycles. The Morgan fingerprint density at radius 1 is 1.16 bits per heavy atom. The topological polar surface area (TPSA) is 46.5 Å². The highest BCUT2D eigenvalue weighted by Crippen LogP contribution is 2.22. The Balaban J connectivity index is 2.02. The molecule has 0 aromatic heterocycles. The molecule has 0 heterocycles. The first kappa shape index (κ1) is 15.7. The van der Waals surface area contributed by atoms with Crippen LogP contribution >= 0.6 is 0 Å². The standard InChI is InChI=1S/C16H24O3/c1-16(2,15(17)18)11-7-13-19-12-6-10-14-8-4-3-5-9-14/h3-5,8-9H,6-7,10-13H2,1-2H3,(H,17,18).